The maximum absolute atomic E-state index is 13.5. The number of ether oxygens (including phenoxy) is 1. The van der Waals surface area contributed by atoms with Gasteiger partial charge in [-0.2, -0.15) is 5.10 Å². The van der Waals surface area contributed by atoms with Gasteiger partial charge in [0.1, 0.15) is 22.9 Å². The Morgan fingerprint density at radius 1 is 1.03 bits per heavy atom. The summed E-state index contributed by atoms with van der Waals surface area (Å²) in [6.45, 7) is 3.06. The van der Waals surface area contributed by atoms with Crippen LogP contribution in [0.2, 0.25) is 0 Å². The van der Waals surface area contributed by atoms with E-state index in [0.717, 1.165) is 23.3 Å². The molecule has 0 aliphatic carbocycles. The number of aromatic nitrogens is 2. The molecule has 6 heteroatoms. The molecule has 0 radical (unpaired) electrons. The number of para-hydroxylation sites is 1. The van der Waals surface area contributed by atoms with Crippen LogP contribution in [0.5, 0.6) is 11.5 Å². The first-order valence-corrected chi connectivity index (χ1v) is 11.1. The van der Waals surface area contributed by atoms with Crippen molar-refractivity contribution in [2.75, 3.05) is 13.2 Å². The van der Waals surface area contributed by atoms with E-state index in [1.165, 1.54) is 5.56 Å². The number of benzene rings is 3. The highest BCUT2D eigenvalue weighted by Gasteiger charge is 2.42. The summed E-state index contributed by atoms with van der Waals surface area (Å²) in [5.41, 5.74) is 4.54. The first-order valence-electron chi connectivity index (χ1n) is 11.1. The number of fused-ring (bicyclic) bond motifs is 1. The smallest absolute Gasteiger partial charge is 0.273 e. The van der Waals surface area contributed by atoms with Crippen LogP contribution in [0, 0.1) is 0 Å². The number of carbonyl (C=O) groups is 1. The largest absolute Gasteiger partial charge is 0.507 e. The molecule has 4 aromatic rings. The van der Waals surface area contributed by atoms with Crippen molar-refractivity contribution in [2.24, 2.45) is 0 Å². The lowest BCUT2D eigenvalue weighted by Gasteiger charge is -2.27. The summed E-state index contributed by atoms with van der Waals surface area (Å²) in [7, 11) is 0. The summed E-state index contributed by atoms with van der Waals surface area (Å²) in [5, 5.41) is 17.9. The normalized spacial score (nSPS) is 15.0. The summed E-state index contributed by atoms with van der Waals surface area (Å²) in [5.74, 6) is 0.789. The predicted octanol–water partition coefficient (Wildman–Crippen LogP) is 4.97. The number of phenolic OH excluding ortho intramolecular Hbond substituents is 1. The Hall–Kier alpha value is -4.06. The number of amides is 1. The molecule has 2 N–H and O–H groups in total. The molecule has 5 rings (SSSR count). The molecular formula is C27H25N3O3. The zero-order valence-corrected chi connectivity index (χ0v) is 18.4. The Labute approximate surface area is 192 Å². The Bertz CT molecular complexity index is 1280. The van der Waals surface area contributed by atoms with Crippen molar-refractivity contribution in [3.05, 3.63) is 101 Å². The first-order chi connectivity index (χ1) is 16.2. The first kappa shape index (κ1) is 20.8. The van der Waals surface area contributed by atoms with Crippen molar-refractivity contribution in [1.29, 1.82) is 0 Å². The van der Waals surface area contributed by atoms with Crippen LogP contribution in [0.1, 0.15) is 40.1 Å². The van der Waals surface area contributed by atoms with Gasteiger partial charge in [-0.3, -0.25) is 9.89 Å². The second-order valence-corrected chi connectivity index (χ2v) is 8.02. The molecule has 0 fully saturated rings. The van der Waals surface area contributed by atoms with Gasteiger partial charge in [-0.25, -0.2) is 0 Å². The van der Waals surface area contributed by atoms with E-state index in [2.05, 4.69) is 22.3 Å². The lowest BCUT2D eigenvalue weighted by molar-refractivity contribution is 0.0745. The van der Waals surface area contributed by atoms with Crippen LogP contribution in [0.3, 0.4) is 0 Å². The third-order valence-corrected chi connectivity index (χ3v) is 5.99. The number of nitrogens with zero attached hydrogens (tertiary/aromatic N) is 2. The standard InChI is InChI=1S/C27H25N3O3/c1-2-33-20-12-8-11-19(17-20)26-23-24(21-13-6-7-14-22(21)31)28-29-25(23)27(32)30(26)16-15-18-9-4-3-5-10-18/h3-14,17,26,31H,2,15-16H2,1H3,(H,28,29)/t26-/m1/s1. The predicted molar refractivity (Wildman–Crippen MR) is 126 cm³/mol. The van der Waals surface area contributed by atoms with E-state index >= 15 is 0 Å². The third kappa shape index (κ3) is 3.84. The highest BCUT2D eigenvalue weighted by Crippen LogP contribution is 2.44. The lowest BCUT2D eigenvalue weighted by atomic mass is 9.95. The van der Waals surface area contributed by atoms with Crippen LogP contribution < -0.4 is 4.74 Å². The maximum Gasteiger partial charge on any atom is 0.273 e. The topological polar surface area (TPSA) is 78.5 Å². The van der Waals surface area contributed by atoms with Crippen molar-refractivity contribution >= 4 is 5.91 Å². The molecule has 1 atom stereocenters. The average molecular weight is 440 g/mol. The molecule has 1 amide bonds. The molecule has 0 unspecified atom stereocenters. The van der Waals surface area contributed by atoms with E-state index in [1.807, 2.05) is 66.4 Å². The molecule has 33 heavy (non-hydrogen) atoms. The van der Waals surface area contributed by atoms with Crippen LogP contribution in [0.25, 0.3) is 11.3 Å². The number of carbonyl (C=O) groups excluding carboxylic acids is 1. The molecule has 0 saturated carbocycles. The van der Waals surface area contributed by atoms with E-state index < -0.39 is 0 Å². The fourth-order valence-electron chi connectivity index (χ4n) is 4.49. The molecule has 2 heterocycles. The molecule has 1 aromatic heterocycles. The van der Waals surface area contributed by atoms with Crippen molar-refractivity contribution in [3.63, 3.8) is 0 Å². The average Bonchev–Trinajstić information content (AvgIpc) is 3.38. The van der Waals surface area contributed by atoms with Crippen molar-refractivity contribution in [1.82, 2.24) is 15.1 Å². The van der Waals surface area contributed by atoms with Crippen LogP contribution in [-0.4, -0.2) is 39.3 Å². The summed E-state index contributed by atoms with van der Waals surface area (Å²) < 4.78 is 5.73. The Balaban J connectivity index is 1.60. The number of aromatic amines is 1. The number of rotatable bonds is 7. The molecule has 1 aliphatic heterocycles. The SMILES string of the molecule is CCOc1cccc([C@@H]2c3c(-c4ccccc4O)n[nH]c3C(=O)N2CCc2ccccc2)c1. The van der Waals surface area contributed by atoms with E-state index in [-0.39, 0.29) is 17.7 Å². The van der Waals surface area contributed by atoms with E-state index in [1.54, 1.807) is 12.1 Å². The van der Waals surface area contributed by atoms with Crippen LogP contribution >= 0.6 is 0 Å². The minimum Gasteiger partial charge on any atom is -0.507 e. The molecule has 6 nitrogen and oxygen atoms in total. The third-order valence-electron chi connectivity index (χ3n) is 5.99. The van der Waals surface area contributed by atoms with E-state index in [4.69, 9.17) is 4.74 Å². The molecular weight excluding hydrogens is 414 g/mol. The molecule has 0 spiro atoms. The number of nitrogens with one attached hydrogen (secondary N) is 1. The Morgan fingerprint density at radius 3 is 2.61 bits per heavy atom. The molecule has 1 aliphatic rings. The minimum absolute atomic E-state index is 0.0954. The molecule has 0 saturated heterocycles. The zero-order chi connectivity index (χ0) is 22.8. The van der Waals surface area contributed by atoms with E-state index in [0.29, 0.717) is 30.1 Å². The maximum atomic E-state index is 13.5. The van der Waals surface area contributed by atoms with Gasteiger partial charge in [-0.05, 0) is 48.7 Å². The van der Waals surface area contributed by atoms with Crippen LogP contribution in [0.15, 0.2) is 78.9 Å². The molecule has 3 aromatic carbocycles. The van der Waals surface area contributed by atoms with Crippen LogP contribution in [-0.2, 0) is 6.42 Å². The summed E-state index contributed by atoms with van der Waals surface area (Å²) in [4.78, 5) is 15.4. The summed E-state index contributed by atoms with van der Waals surface area (Å²) in [6, 6.07) is 24.7. The number of phenols is 1. The highest BCUT2D eigenvalue weighted by atomic mass is 16.5. The van der Waals surface area contributed by atoms with Gasteiger partial charge in [-0.1, -0.05) is 54.6 Å². The minimum atomic E-state index is -0.343. The highest BCUT2D eigenvalue weighted by molar-refractivity contribution is 6.00. The molecule has 0 bridgehead atoms. The number of aromatic hydroxyl groups is 1. The van der Waals surface area contributed by atoms with Crippen molar-refractivity contribution < 1.29 is 14.6 Å². The van der Waals surface area contributed by atoms with Gasteiger partial charge in [0, 0.05) is 17.7 Å². The van der Waals surface area contributed by atoms with Crippen molar-refractivity contribution in [3.8, 4) is 22.8 Å². The second-order valence-electron chi connectivity index (χ2n) is 8.02. The zero-order valence-electron chi connectivity index (χ0n) is 18.4. The van der Waals surface area contributed by atoms with E-state index in [9.17, 15) is 9.90 Å². The summed E-state index contributed by atoms with van der Waals surface area (Å²) >= 11 is 0. The fourth-order valence-corrected chi connectivity index (χ4v) is 4.49. The number of H-pyrrole nitrogens is 1. The van der Waals surface area contributed by atoms with Gasteiger partial charge in [0.05, 0.1) is 12.6 Å². The van der Waals surface area contributed by atoms with Gasteiger partial charge < -0.3 is 14.7 Å². The fraction of sp³-hybridized carbons (Fsp3) is 0.185. The lowest BCUT2D eigenvalue weighted by Crippen LogP contribution is -2.31. The quantitative estimate of drug-likeness (QED) is 0.426. The monoisotopic (exact) mass is 439 g/mol. The van der Waals surface area contributed by atoms with Crippen LogP contribution in [0.4, 0.5) is 0 Å². The summed E-state index contributed by atoms with van der Waals surface area (Å²) in [6.07, 6.45) is 0.734. The molecule has 166 valence electrons. The number of hydrogen-bond donors (Lipinski definition) is 2. The Kier molecular flexibility index (Phi) is 5.57. The van der Waals surface area contributed by atoms with Gasteiger partial charge in [-0.15, -0.1) is 0 Å². The van der Waals surface area contributed by atoms with Gasteiger partial charge >= 0.3 is 0 Å². The van der Waals surface area contributed by atoms with Gasteiger partial charge in [0.2, 0.25) is 0 Å². The second kappa shape index (κ2) is 8.82. The van der Waals surface area contributed by atoms with Crippen molar-refractivity contribution in [2.45, 2.75) is 19.4 Å². The van der Waals surface area contributed by atoms with Gasteiger partial charge in [0.15, 0.2) is 0 Å². The van der Waals surface area contributed by atoms with Gasteiger partial charge in [0.25, 0.3) is 5.91 Å². The Morgan fingerprint density at radius 2 is 1.82 bits per heavy atom. The number of hydrogen-bond acceptors (Lipinski definition) is 4.